The molecule has 1 rings (SSSR count). The molecule has 0 heterocycles. The molecule has 0 fully saturated rings. The average molecular weight is 273 g/mol. The zero-order valence-corrected chi connectivity index (χ0v) is 10.4. The Morgan fingerprint density at radius 3 is 2.61 bits per heavy atom. The molecule has 8 heteroatoms. The van der Waals surface area contributed by atoms with Crippen LogP contribution in [0.1, 0.15) is 0 Å². The number of benzene rings is 1. The summed E-state index contributed by atoms with van der Waals surface area (Å²) >= 11 is 0. The number of carbonyl (C=O) groups is 1. The molecule has 0 saturated carbocycles. The van der Waals surface area contributed by atoms with Gasteiger partial charge in [-0.2, -0.15) is 0 Å². The van der Waals surface area contributed by atoms with E-state index >= 15 is 0 Å². The highest BCUT2D eigenvalue weighted by Gasteiger charge is 2.06. The highest BCUT2D eigenvalue weighted by molar-refractivity contribution is 7.89. The number of carbonyl (C=O) groups excluding carboxylic acids is 1. The van der Waals surface area contributed by atoms with Crippen molar-refractivity contribution in [1.29, 1.82) is 0 Å². The fourth-order valence-corrected chi connectivity index (χ4v) is 1.53. The number of rotatable bonds is 6. The Balaban J connectivity index is 2.32. The van der Waals surface area contributed by atoms with E-state index in [2.05, 4.69) is 5.32 Å². The average Bonchev–Trinajstić information content (AvgIpc) is 2.26. The molecule has 0 aromatic heterocycles. The number of nitrogens with one attached hydrogen (secondary N) is 1. The Hall–Kier alpha value is -1.80. The maximum absolute atomic E-state index is 11.3. The number of ether oxygens (including phenoxy) is 1. The van der Waals surface area contributed by atoms with Gasteiger partial charge in [0.1, 0.15) is 5.75 Å². The highest BCUT2D eigenvalue weighted by Crippen LogP contribution is 2.19. The maximum Gasteiger partial charge on any atom is 0.257 e. The number of nitrogen functional groups attached to an aromatic ring is 1. The Morgan fingerprint density at radius 1 is 1.33 bits per heavy atom. The van der Waals surface area contributed by atoms with Gasteiger partial charge in [0, 0.05) is 6.54 Å². The van der Waals surface area contributed by atoms with Crippen molar-refractivity contribution in [1.82, 2.24) is 5.32 Å². The molecule has 0 unspecified atom stereocenters. The molecule has 0 spiro atoms. The third-order valence-electron chi connectivity index (χ3n) is 1.99. The number of nitrogens with two attached hydrogens (primary N) is 2. The summed E-state index contributed by atoms with van der Waals surface area (Å²) in [5, 5.41) is 7.14. The van der Waals surface area contributed by atoms with Gasteiger partial charge in [-0.3, -0.25) is 4.79 Å². The van der Waals surface area contributed by atoms with Gasteiger partial charge in [0.15, 0.2) is 6.61 Å². The van der Waals surface area contributed by atoms with Crippen LogP contribution in [0.3, 0.4) is 0 Å². The number of amides is 1. The lowest BCUT2D eigenvalue weighted by Gasteiger charge is -2.08. The summed E-state index contributed by atoms with van der Waals surface area (Å²) in [5.74, 6) is -0.354. The molecule has 0 bridgehead atoms. The van der Waals surface area contributed by atoms with Gasteiger partial charge in [0.05, 0.1) is 11.4 Å². The molecule has 0 saturated heterocycles. The minimum absolute atomic E-state index is 0.0503. The van der Waals surface area contributed by atoms with Gasteiger partial charge in [-0.05, 0) is 12.1 Å². The standard InChI is InChI=1S/C10H15N3O4S/c11-8-3-1-2-4-9(8)17-7-10(14)13-5-6-18(12,15)16/h1-4H,5-7,11H2,(H,13,14)(H2,12,15,16). The smallest absolute Gasteiger partial charge is 0.257 e. The lowest BCUT2D eigenvalue weighted by Crippen LogP contribution is -2.34. The summed E-state index contributed by atoms with van der Waals surface area (Å²) in [7, 11) is -3.57. The van der Waals surface area contributed by atoms with Crippen LogP contribution in [0.5, 0.6) is 5.75 Å². The quantitative estimate of drug-likeness (QED) is 0.576. The largest absolute Gasteiger partial charge is 0.482 e. The van der Waals surface area contributed by atoms with Crippen molar-refractivity contribution < 1.29 is 17.9 Å². The zero-order chi connectivity index (χ0) is 13.6. The minimum Gasteiger partial charge on any atom is -0.482 e. The van der Waals surface area contributed by atoms with Crippen molar-refractivity contribution >= 4 is 21.6 Å². The first kappa shape index (κ1) is 14.3. The van der Waals surface area contributed by atoms with Gasteiger partial charge in [-0.15, -0.1) is 0 Å². The van der Waals surface area contributed by atoms with Crippen LogP contribution >= 0.6 is 0 Å². The summed E-state index contributed by atoms with van der Waals surface area (Å²) in [6.07, 6.45) is 0. The van der Waals surface area contributed by atoms with Crippen molar-refractivity contribution in [2.45, 2.75) is 0 Å². The molecule has 18 heavy (non-hydrogen) atoms. The molecule has 100 valence electrons. The van der Waals surface area contributed by atoms with Crippen molar-refractivity contribution in [3.8, 4) is 5.75 Å². The van der Waals surface area contributed by atoms with E-state index in [1.807, 2.05) is 0 Å². The highest BCUT2D eigenvalue weighted by atomic mass is 32.2. The van der Waals surface area contributed by atoms with Gasteiger partial charge in [0.2, 0.25) is 10.0 Å². The lowest BCUT2D eigenvalue weighted by atomic mass is 10.3. The van der Waals surface area contributed by atoms with Gasteiger partial charge in [0.25, 0.3) is 5.91 Å². The van der Waals surface area contributed by atoms with Gasteiger partial charge >= 0.3 is 0 Å². The second-order valence-corrected chi connectivity index (χ2v) is 5.28. The summed E-state index contributed by atoms with van der Waals surface area (Å²) < 4.78 is 26.4. The molecule has 1 aromatic carbocycles. The van der Waals surface area contributed by atoms with Crippen molar-refractivity contribution in [3.63, 3.8) is 0 Å². The predicted molar refractivity (Wildman–Crippen MR) is 67.3 cm³/mol. The first-order chi connectivity index (χ1) is 8.38. The van der Waals surface area contributed by atoms with E-state index in [0.717, 1.165) is 0 Å². The Labute approximate surface area is 105 Å². The Morgan fingerprint density at radius 2 is 2.00 bits per heavy atom. The molecule has 0 aliphatic heterocycles. The molecule has 0 atom stereocenters. The molecule has 0 aliphatic rings. The van der Waals surface area contributed by atoms with E-state index in [4.69, 9.17) is 15.6 Å². The van der Waals surface area contributed by atoms with Crippen LogP contribution in [0, 0.1) is 0 Å². The monoisotopic (exact) mass is 273 g/mol. The van der Waals surface area contributed by atoms with E-state index in [9.17, 15) is 13.2 Å². The number of primary sulfonamides is 1. The minimum atomic E-state index is -3.57. The van der Waals surface area contributed by atoms with Crippen LogP contribution in [-0.2, 0) is 14.8 Å². The van der Waals surface area contributed by atoms with Crippen LogP contribution in [0.4, 0.5) is 5.69 Å². The van der Waals surface area contributed by atoms with Gasteiger partial charge in [-0.25, -0.2) is 13.6 Å². The van der Waals surface area contributed by atoms with Gasteiger partial charge < -0.3 is 15.8 Å². The number of sulfonamides is 1. The summed E-state index contributed by atoms with van der Waals surface area (Å²) in [6, 6.07) is 6.75. The van der Waals surface area contributed by atoms with Crippen LogP contribution in [0.2, 0.25) is 0 Å². The number of hydrogen-bond donors (Lipinski definition) is 3. The maximum atomic E-state index is 11.3. The van der Waals surface area contributed by atoms with Crippen LogP contribution < -0.4 is 20.9 Å². The van der Waals surface area contributed by atoms with Crippen molar-refractivity contribution in [2.24, 2.45) is 5.14 Å². The molecule has 1 amide bonds. The van der Waals surface area contributed by atoms with Crippen LogP contribution in [-0.4, -0.2) is 33.2 Å². The van der Waals surface area contributed by atoms with E-state index in [1.165, 1.54) is 0 Å². The van der Waals surface area contributed by atoms with Crippen molar-refractivity contribution in [2.75, 3.05) is 24.6 Å². The third-order valence-corrected chi connectivity index (χ3v) is 2.76. The third kappa shape index (κ3) is 5.51. The first-order valence-electron chi connectivity index (χ1n) is 5.13. The molecular formula is C10H15N3O4S. The lowest BCUT2D eigenvalue weighted by molar-refractivity contribution is -0.122. The number of hydrogen-bond acceptors (Lipinski definition) is 5. The van der Waals surface area contributed by atoms with Crippen LogP contribution in [0.15, 0.2) is 24.3 Å². The molecule has 5 N–H and O–H groups in total. The topological polar surface area (TPSA) is 125 Å². The predicted octanol–water partition coefficient (Wildman–Crippen LogP) is -0.948. The van der Waals surface area contributed by atoms with Crippen molar-refractivity contribution in [3.05, 3.63) is 24.3 Å². The Kier molecular flexibility index (Phi) is 4.93. The number of anilines is 1. The Bertz CT molecular complexity index is 516. The molecular weight excluding hydrogens is 258 g/mol. The van der Waals surface area contributed by atoms with E-state index in [-0.39, 0.29) is 18.9 Å². The molecule has 0 aliphatic carbocycles. The van der Waals surface area contributed by atoms with Gasteiger partial charge in [-0.1, -0.05) is 12.1 Å². The summed E-state index contributed by atoms with van der Waals surface area (Å²) in [5.41, 5.74) is 6.04. The SMILES string of the molecule is Nc1ccccc1OCC(=O)NCCS(N)(=O)=O. The normalized spacial score (nSPS) is 10.9. The molecule has 1 aromatic rings. The second-order valence-electron chi connectivity index (χ2n) is 3.54. The molecule has 7 nitrogen and oxygen atoms in total. The van der Waals surface area contributed by atoms with E-state index in [1.54, 1.807) is 24.3 Å². The first-order valence-corrected chi connectivity index (χ1v) is 6.84. The fourth-order valence-electron chi connectivity index (χ4n) is 1.14. The summed E-state index contributed by atoms with van der Waals surface area (Å²) in [6.45, 7) is -0.288. The van der Waals surface area contributed by atoms with E-state index < -0.39 is 15.9 Å². The van der Waals surface area contributed by atoms with E-state index in [0.29, 0.717) is 11.4 Å². The molecule has 0 radical (unpaired) electrons. The fraction of sp³-hybridized carbons (Fsp3) is 0.300. The number of para-hydroxylation sites is 2. The van der Waals surface area contributed by atoms with Crippen LogP contribution in [0.25, 0.3) is 0 Å². The second kappa shape index (κ2) is 6.22. The zero-order valence-electron chi connectivity index (χ0n) is 9.63. The summed E-state index contributed by atoms with van der Waals surface area (Å²) in [4.78, 5) is 11.3.